The minimum absolute atomic E-state index is 0.0321. The summed E-state index contributed by atoms with van der Waals surface area (Å²) < 4.78 is 0. The maximum atomic E-state index is 12.8. The third kappa shape index (κ3) is 3.93. The molecule has 3 amide bonds. The number of carbonyl (C=O) groups excluding carboxylic acids is 3. The van der Waals surface area contributed by atoms with Crippen LogP contribution in [0.1, 0.15) is 56.4 Å². The molecule has 3 aliphatic rings. The van der Waals surface area contributed by atoms with Gasteiger partial charge in [-0.2, -0.15) is 0 Å². The second-order valence-corrected chi connectivity index (χ2v) is 8.70. The predicted octanol–water partition coefficient (Wildman–Crippen LogP) is 2.14. The monoisotopic (exact) mass is 411 g/mol. The number of amides is 3. The van der Waals surface area contributed by atoms with Gasteiger partial charge in [-0.15, -0.1) is 0 Å². The van der Waals surface area contributed by atoms with Gasteiger partial charge in [-0.05, 0) is 50.0 Å². The summed E-state index contributed by atoms with van der Waals surface area (Å²) in [5.41, 5.74) is 6.91. The van der Waals surface area contributed by atoms with Crippen molar-refractivity contribution in [1.29, 1.82) is 0 Å². The fourth-order valence-corrected chi connectivity index (χ4v) is 5.24. The molecule has 1 heterocycles. The van der Waals surface area contributed by atoms with E-state index in [1.807, 2.05) is 6.07 Å². The first-order valence-corrected chi connectivity index (χ1v) is 10.8. The molecule has 2 aliphatic carbocycles. The Kier molecular flexibility index (Phi) is 5.79. The molecule has 2 fully saturated rings. The number of primary amides is 1. The molecular weight excluding hydrogens is 382 g/mol. The van der Waals surface area contributed by atoms with E-state index >= 15 is 0 Å². The largest absolute Gasteiger partial charge is 0.503 e. The van der Waals surface area contributed by atoms with Crippen LogP contribution in [0, 0.1) is 5.92 Å². The minimum Gasteiger partial charge on any atom is -0.503 e. The Hall–Kier alpha value is -2.83. The summed E-state index contributed by atoms with van der Waals surface area (Å²) >= 11 is 0. The molecule has 1 aromatic rings. The van der Waals surface area contributed by atoms with E-state index in [-0.39, 0.29) is 30.1 Å². The molecule has 0 saturated heterocycles. The highest BCUT2D eigenvalue weighted by Gasteiger charge is 2.44. The third-order valence-electron chi connectivity index (χ3n) is 6.93. The molecule has 4 rings (SSSR count). The highest BCUT2D eigenvalue weighted by Crippen LogP contribution is 2.35. The van der Waals surface area contributed by atoms with Crippen molar-refractivity contribution in [3.05, 3.63) is 47.2 Å². The van der Waals surface area contributed by atoms with Crippen molar-refractivity contribution in [1.82, 2.24) is 10.2 Å². The summed E-state index contributed by atoms with van der Waals surface area (Å²) in [4.78, 5) is 38.5. The van der Waals surface area contributed by atoms with Crippen molar-refractivity contribution >= 4 is 17.7 Å². The Morgan fingerprint density at radius 1 is 1.03 bits per heavy atom. The van der Waals surface area contributed by atoms with E-state index in [9.17, 15) is 19.5 Å². The van der Waals surface area contributed by atoms with Crippen LogP contribution in [0.15, 0.2) is 41.7 Å². The second kappa shape index (κ2) is 8.50. The molecule has 0 unspecified atom stereocenters. The van der Waals surface area contributed by atoms with E-state index in [4.69, 9.17) is 5.73 Å². The Labute approximate surface area is 176 Å². The maximum Gasteiger partial charge on any atom is 0.289 e. The van der Waals surface area contributed by atoms with Gasteiger partial charge in [0, 0.05) is 12.1 Å². The number of benzene rings is 1. The van der Waals surface area contributed by atoms with Crippen molar-refractivity contribution in [2.24, 2.45) is 11.7 Å². The molecule has 30 heavy (non-hydrogen) atoms. The van der Waals surface area contributed by atoms with Crippen molar-refractivity contribution in [3.63, 3.8) is 0 Å². The quantitative estimate of drug-likeness (QED) is 0.689. The number of aliphatic hydroxyl groups excluding tert-OH is 1. The van der Waals surface area contributed by atoms with E-state index in [0.29, 0.717) is 18.8 Å². The number of nitrogens with two attached hydrogens (primary N) is 1. The fourth-order valence-electron chi connectivity index (χ4n) is 5.24. The molecule has 0 bridgehead atoms. The van der Waals surface area contributed by atoms with Gasteiger partial charge in [0.05, 0.1) is 18.0 Å². The summed E-state index contributed by atoms with van der Waals surface area (Å²) in [6.45, 7) is 0.0321. The van der Waals surface area contributed by atoms with Crippen molar-refractivity contribution in [2.45, 2.75) is 62.9 Å². The smallest absolute Gasteiger partial charge is 0.289 e. The Balaban J connectivity index is 1.35. The van der Waals surface area contributed by atoms with Crippen molar-refractivity contribution in [3.8, 4) is 0 Å². The zero-order chi connectivity index (χ0) is 21.3. The maximum absolute atomic E-state index is 12.8. The van der Waals surface area contributed by atoms with E-state index in [1.165, 1.54) is 10.5 Å². The third-order valence-corrected chi connectivity index (χ3v) is 6.93. The van der Waals surface area contributed by atoms with Gasteiger partial charge in [0.25, 0.3) is 11.8 Å². The molecule has 7 nitrogen and oxygen atoms in total. The summed E-state index contributed by atoms with van der Waals surface area (Å²) in [5, 5.41) is 13.3. The van der Waals surface area contributed by atoms with Crippen LogP contribution >= 0.6 is 0 Å². The lowest BCUT2D eigenvalue weighted by Crippen LogP contribution is -2.45. The number of carbonyl (C=O) groups is 3. The molecule has 4 N–H and O–H groups in total. The molecule has 0 aromatic heterocycles. The molecule has 1 aromatic carbocycles. The molecule has 160 valence electrons. The van der Waals surface area contributed by atoms with E-state index in [1.54, 1.807) is 0 Å². The highest BCUT2D eigenvalue weighted by molar-refractivity contribution is 6.07. The molecule has 2 atom stereocenters. The molecule has 2 saturated carbocycles. The number of hydrogen-bond donors (Lipinski definition) is 3. The molecule has 0 spiro atoms. The number of nitrogens with one attached hydrogen (secondary N) is 1. The van der Waals surface area contributed by atoms with Crippen LogP contribution in [0.2, 0.25) is 0 Å². The first-order valence-electron chi connectivity index (χ1n) is 10.8. The Morgan fingerprint density at radius 3 is 2.40 bits per heavy atom. The van der Waals surface area contributed by atoms with Crippen LogP contribution in [0.3, 0.4) is 0 Å². The van der Waals surface area contributed by atoms with Crippen LogP contribution in [0.4, 0.5) is 0 Å². The van der Waals surface area contributed by atoms with Gasteiger partial charge in [0.15, 0.2) is 5.76 Å². The van der Waals surface area contributed by atoms with Gasteiger partial charge in [-0.25, -0.2) is 0 Å². The van der Waals surface area contributed by atoms with Crippen LogP contribution in [-0.2, 0) is 14.4 Å². The molecular formula is C23H29N3O4. The summed E-state index contributed by atoms with van der Waals surface area (Å²) in [6.07, 6.45) is 5.81. The first-order chi connectivity index (χ1) is 14.5. The van der Waals surface area contributed by atoms with Crippen molar-refractivity contribution in [2.75, 3.05) is 6.54 Å². The molecule has 1 aliphatic heterocycles. The summed E-state index contributed by atoms with van der Waals surface area (Å²) in [7, 11) is 0. The zero-order valence-electron chi connectivity index (χ0n) is 17.0. The summed E-state index contributed by atoms with van der Waals surface area (Å²) in [5.74, 6) is -1.81. The first kappa shape index (κ1) is 20.4. The number of hydrogen-bond acceptors (Lipinski definition) is 4. The highest BCUT2D eigenvalue weighted by atomic mass is 16.3. The van der Waals surface area contributed by atoms with Crippen LogP contribution in [-0.4, -0.2) is 46.4 Å². The average Bonchev–Trinajstić information content (AvgIpc) is 3.35. The van der Waals surface area contributed by atoms with Gasteiger partial charge in [0.2, 0.25) is 5.91 Å². The average molecular weight is 412 g/mol. The van der Waals surface area contributed by atoms with E-state index in [2.05, 4.69) is 29.6 Å². The van der Waals surface area contributed by atoms with E-state index in [0.717, 1.165) is 32.1 Å². The van der Waals surface area contributed by atoms with Crippen LogP contribution < -0.4 is 11.1 Å². The van der Waals surface area contributed by atoms with Gasteiger partial charge in [-0.3, -0.25) is 14.4 Å². The molecule has 7 heteroatoms. The lowest BCUT2D eigenvalue weighted by atomic mass is 9.82. The zero-order valence-corrected chi connectivity index (χ0v) is 17.0. The second-order valence-electron chi connectivity index (χ2n) is 8.70. The van der Waals surface area contributed by atoms with Crippen LogP contribution in [0.5, 0.6) is 0 Å². The SMILES string of the molecule is NC(=O)[C@@H]1CCC[C@@H]1N1CC(C(=O)NC2CCC(c3ccccc3)CC2)=C(O)C1=O. The standard InChI is InChI=1S/C23H29N3O4/c24-21(28)17-7-4-8-19(17)26-13-18(20(27)23(26)30)22(29)25-16-11-9-15(10-12-16)14-5-2-1-3-6-14/h1-3,5-6,15-17,19,27H,4,7-13H2,(H2,24,28)(H,25,29)/t15?,16?,17-,19+/m1/s1. The Bertz CT molecular complexity index is 858. The topological polar surface area (TPSA) is 113 Å². The number of nitrogens with zero attached hydrogens (tertiary/aromatic N) is 1. The summed E-state index contributed by atoms with van der Waals surface area (Å²) in [6, 6.07) is 10.1. The number of rotatable bonds is 5. The normalized spacial score (nSPS) is 29.3. The number of aliphatic hydroxyl groups is 1. The van der Waals surface area contributed by atoms with Gasteiger partial charge in [-0.1, -0.05) is 36.8 Å². The predicted molar refractivity (Wildman–Crippen MR) is 111 cm³/mol. The Morgan fingerprint density at radius 2 is 1.73 bits per heavy atom. The fraction of sp³-hybridized carbons (Fsp3) is 0.522. The van der Waals surface area contributed by atoms with Gasteiger partial charge >= 0.3 is 0 Å². The van der Waals surface area contributed by atoms with E-state index < -0.39 is 23.5 Å². The van der Waals surface area contributed by atoms with Crippen LogP contribution in [0.25, 0.3) is 0 Å². The minimum atomic E-state index is -0.578. The van der Waals surface area contributed by atoms with Gasteiger partial charge in [0.1, 0.15) is 0 Å². The van der Waals surface area contributed by atoms with Crippen molar-refractivity contribution < 1.29 is 19.5 Å². The molecule has 0 radical (unpaired) electrons. The van der Waals surface area contributed by atoms with Gasteiger partial charge < -0.3 is 21.1 Å². The lowest BCUT2D eigenvalue weighted by molar-refractivity contribution is -0.132. The lowest BCUT2D eigenvalue weighted by Gasteiger charge is -2.30.